The van der Waals surface area contributed by atoms with Crippen molar-refractivity contribution in [3.63, 3.8) is 0 Å². The molecule has 0 spiro atoms. The Kier molecular flexibility index (Phi) is 2.73. The maximum absolute atomic E-state index is 11.6. The van der Waals surface area contributed by atoms with Gasteiger partial charge in [-0.3, -0.25) is 4.79 Å². The molecular formula is C9H18N2O. The fraction of sp³-hybridized carbons (Fsp3) is 0.889. The lowest BCUT2D eigenvalue weighted by atomic mass is 10.0. The summed E-state index contributed by atoms with van der Waals surface area (Å²) in [5.74, 6) is 0.299. The van der Waals surface area contributed by atoms with E-state index in [0.717, 1.165) is 13.0 Å². The maximum Gasteiger partial charge on any atom is 0.227 e. The predicted molar refractivity (Wildman–Crippen MR) is 48.6 cm³/mol. The van der Waals surface area contributed by atoms with Crippen molar-refractivity contribution in [1.82, 2.24) is 4.90 Å². The second-order valence-corrected chi connectivity index (χ2v) is 3.88. The van der Waals surface area contributed by atoms with Crippen molar-refractivity contribution in [1.29, 1.82) is 0 Å². The van der Waals surface area contributed by atoms with Crippen LogP contribution in [0.3, 0.4) is 0 Å². The predicted octanol–water partition coefficient (Wildman–Crippen LogP) is 0.590. The molecule has 2 atom stereocenters. The molecule has 1 aliphatic rings. The van der Waals surface area contributed by atoms with E-state index in [1.165, 1.54) is 0 Å². The first kappa shape index (κ1) is 9.52. The second-order valence-electron chi connectivity index (χ2n) is 3.88. The molecule has 0 bridgehead atoms. The van der Waals surface area contributed by atoms with Gasteiger partial charge in [-0.2, -0.15) is 0 Å². The van der Waals surface area contributed by atoms with Crippen molar-refractivity contribution in [3.8, 4) is 0 Å². The largest absolute Gasteiger partial charge is 0.340 e. The molecule has 1 saturated heterocycles. The molecule has 0 saturated carbocycles. The molecule has 0 radical (unpaired) electrons. The van der Waals surface area contributed by atoms with Crippen molar-refractivity contribution in [2.75, 3.05) is 6.54 Å². The molecular weight excluding hydrogens is 152 g/mol. The Labute approximate surface area is 73.9 Å². The summed E-state index contributed by atoms with van der Waals surface area (Å²) in [6, 6.07) is 0.322. The lowest BCUT2D eigenvalue weighted by molar-refractivity contribution is -0.132. The minimum atomic E-state index is 0.00116. The Morgan fingerprint density at radius 3 is 2.33 bits per heavy atom. The van der Waals surface area contributed by atoms with Crippen LogP contribution in [0.15, 0.2) is 0 Å². The molecule has 0 aromatic heterocycles. The standard InChI is InChI=1S/C9H18N2O/c1-6(2)11-5-4-8(7(3)10)9(11)12/h6-8H,4-5,10H2,1-3H3. The van der Waals surface area contributed by atoms with Gasteiger partial charge in [0, 0.05) is 18.6 Å². The molecule has 2 unspecified atom stereocenters. The number of hydrogen-bond donors (Lipinski definition) is 1. The summed E-state index contributed by atoms with van der Waals surface area (Å²) in [6.07, 6.45) is 0.925. The molecule has 0 aromatic carbocycles. The summed E-state index contributed by atoms with van der Waals surface area (Å²) in [5, 5.41) is 0. The number of hydrogen-bond acceptors (Lipinski definition) is 2. The van der Waals surface area contributed by atoms with Crippen molar-refractivity contribution in [3.05, 3.63) is 0 Å². The van der Waals surface area contributed by atoms with E-state index in [9.17, 15) is 4.79 Å². The van der Waals surface area contributed by atoms with Crippen LogP contribution in [0.4, 0.5) is 0 Å². The number of nitrogens with two attached hydrogens (primary N) is 1. The molecule has 1 amide bonds. The van der Waals surface area contributed by atoms with E-state index >= 15 is 0 Å². The van der Waals surface area contributed by atoms with Gasteiger partial charge in [0.2, 0.25) is 5.91 Å². The van der Waals surface area contributed by atoms with E-state index < -0.39 is 0 Å². The normalized spacial score (nSPS) is 26.9. The summed E-state index contributed by atoms with van der Waals surface area (Å²) in [4.78, 5) is 13.5. The van der Waals surface area contributed by atoms with Gasteiger partial charge in [-0.15, -0.1) is 0 Å². The highest BCUT2D eigenvalue weighted by Crippen LogP contribution is 2.21. The Hall–Kier alpha value is -0.570. The van der Waals surface area contributed by atoms with Crippen LogP contribution in [0.25, 0.3) is 0 Å². The Morgan fingerprint density at radius 1 is 1.50 bits per heavy atom. The molecule has 1 aliphatic heterocycles. The van der Waals surface area contributed by atoms with E-state index in [1.54, 1.807) is 0 Å². The number of rotatable bonds is 2. The summed E-state index contributed by atoms with van der Waals surface area (Å²) >= 11 is 0. The zero-order chi connectivity index (χ0) is 9.30. The summed E-state index contributed by atoms with van der Waals surface area (Å²) < 4.78 is 0. The first-order valence-electron chi connectivity index (χ1n) is 4.60. The van der Waals surface area contributed by atoms with Gasteiger partial charge in [-0.1, -0.05) is 0 Å². The summed E-state index contributed by atoms with van der Waals surface area (Å²) in [6.45, 7) is 6.87. The summed E-state index contributed by atoms with van der Waals surface area (Å²) in [5.41, 5.74) is 5.70. The van der Waals surface area contributed by atoms with Gasteiger partial charge in [0.1, 0.15) is 0 Å². The van der Waals surface area contributed by atoms with Gasteiger partial charge >= 0.3 is 0 Å². The second kappa shape index (κ2) is 3.44. The number of likely N-dealkylation sites (tertiary alicyclic amines) is 1. The van der Waals surface area contributed by atoms with Crippen molar-refractivity contribution in [2.24, 2.45) is 11.7 Å². The average Bonchev–Trinajstić information content (AvgIpc) is 2.30. The lowest BCUT2D eigenvalue weighted by Crippen LogP contribution is -2.38. The van der Waals surface area contributed by atoms with Gasteiger partial charge in [0.15, 0.2) is 0 Å². The van der Waals surface area contributed by atoms with Crippen molar-refractivity contribution < 1.29 is 4.79 Å². The third-order valence-electron chi connectivity index (χ3n) is 2.54. The third-order valence-corrected chi connectivity index (χ3v) is 2.54. The van der Waals surface area contributed by atoms with Crippen molar-refractivity contribution >= 4 is 5.91 Å². The SMILES string of the molecule is CC(N)C1CCN(C(C)C)C1=O. The highest BCUT2D eigenvalue weighted by atomic mass is 16.2. The molecule has 2 N–H and O–H groups in total. The van der Waals surface area contributed by atoms with E-state index in [-0.39, 0.29) is 17.9 Å². The van der Waals surface area contributed by atoms with Gasteiger partial charge < -0.3 is 10.6 Å². The van der Waals surface area contributed by atoms with Crippen LogP contribution >= 0.6 is 0 Å². The highest BCUT2D eigenvalue weighted by molar-refractivity contribution is 5.81. The monoisotopic (exact) mass is 170 g/mol. The lowest BCUT2D eigenvalue weighted by Gasteiger charge is -2.21. The smallest absolute Gasteiger partial charge is 0.227 e. The van der Waals surface area contributed by atoms with Crippen LogP contribution in [0.1, 0.15) is 27.2 Å². The minimum absolute atomic E-state index is 0.00116. The molecule has 12 heavy (non-hydrogen) atoms. The zero-order valence-corrected chi connectivity index (χ0v) is 8.08. The number of carbonyl (C=O) groups excluding carboxylic acids is 1. The van der Waals surface area contributed by atoms with Crippen LogP contribution in [-0.2, 0) is 4.79 Å². The van der Waals surface area contributed by atoms with Gasteiger partial charge in [0.25, 0.3) is 0 Å². The van der Waals surface area contributed by atoms with Gasteiger partial charge in [0.05, 0.1) is 5.92 Å². The first-order valence-corrected chi connectivity index (χ1v) is 4.60. The number of amides is 1. The maximum atomic E-state index is 11.6. The first-order chi connectivity index (χ1) is 5.54. The van der Waals surface area contributed by atoms with Crippen LogP contribution in [-0.4, -0.2) is 29.4 Å². The average molecular weight is 170 g/mol. The van der Waals surface area contributed by atoms with Crippen LogP contribution in [0, 0.1) is 5.92 Å². The molecule has 0 aromatic rings. The summed E-state index contributed by atoms with van der Waals surface area (Å²) in [7, 11) is 0. The van der Waals surface area contributed by atoms with Crippen LogP contribution < -0.4 is 5.73 Å². The fourth-order valence-corrected chi connectivity index (χ4v) is 1.73. The van der Waals surface area contributed by atoms with E-state index in [2.05, 4.69) is 0 Å². The number of nitrogens with zero attached hydrogens (tertiary/aromatic N) is 1. The molecule has 1 heterocycles. The van der Waals surface area contributed by atoms with Crippen molar-refractivity contribution in [2.45, 2.75) is 39.3 Å². The van der Waals surface area contributed by atoms with Crippen LogP contribution in [0.5, 0.6) is 0 Å². The Balaban J connectivity index is 2.61. The van der Waals surface area contributed by atoms with Gasteiger partial charge in [-0.05, 0) is 27.2 Å². The number of carbonyl (C=O) groups is 1. The molecule has 3 nitrogen and oxygen atoms in total. The topological polar surface area (TPSA) is 46.3 Å². The highest BCUT2D eigenvalue weighted by Gasteiger charge is 2.34. The molecule has 3 heteroatoms. The van der Waals surface area contributed by atoms with Gasteiger partial charge in [-0.25, -0.2) is 0 Å². The van der Waals surface area contributed by atoms with Crippen LogP contribution in [0.2, 0.25) is 0 Å². The molecule has 1 rings (SSSR count). The fourth-order valence-electron chi connectivity index (χ4n) is 1.73. The van der Waals surface area contributed by atoms with E-state index in [4.69, 9.17) is 5.73 Å². The Bertz CT molecular complexity index is 159. The zero-order valence-electron chi connectivity index (χ0n) is 8.08. The molecule has 70 valence electrons. The third kappa shape index (κ3) is 1.61. The van der Waals surface area contributed by atoms with E-state index in [0.29, 0.717) is 6.04 Å². The Morgan fingerprint density at radius 2 is 2.08 bits per heavy atom. The quantitative estimate of drug-likeness (QED) is 0.659. The molecule has 1 fully saturated rings. The molecule has 0 aliphatic carbocycles. The minimum Gasteiger partial charge on any atom is -0.340 e. The van der Waals surface area contributed by atoms with E-state index in [1.807, 2.05) is 25.7 Å².